The van der Waals surface area contributed by atoms with Crippen LogP contribution in [0.15, 0.2) is 53.4 Å². The third kappa shape index (κ3) is 2.18. The summed E-state index contributed by atoms with van der Waals surface area (Å²) in [6, 6.07) is 15.5. The van der Waals surface area contributed by atoms with Crippen LogP contribution >= 0.6 is 0 Å². The van der Waals surface area contributed by atoms with E-state index in [4.69, 9.17) is 5.26 Å². The fourth-order valence-corrected chi connectivity index (χ4v) is 4.41. The van der Waals surface area contributed by atoms with Gasteiger partial charge in [-0.05, 0) is 49.2 Å². The largest absolute Gasteiger partial charge is 0.264 e. The maximum atomic E-state index is 12.9. The minimum atomic E-state index is -3.60. The van der Waals surface area contributed by atoms with Gasteiger partial charge in [-0.3, -0.25) is 4.31 Å². The molecule has 2 aromatic rings. The Labute approximate surface area is 124 Å². The third-order valence-corrected chi connectivity index (χ3v) is 5.63. The molecular weight excluding hydrogens is 284 g/mol. The first-order chi connectivity index (χ1) is 10.0. The lowest BCUT2D eigenvalue weighted by Gasteiger charge is -2.24. The minimum Gasteiger partial charge on any atom is -0.263 e. The molecule has 0 amide bonds. The number of nitrogens with zero attached hydrogens (tertiary/aromatic N) is 2. The molecule has 0 aliphatic carbocycles. The van der Waals surface area contributed by atoms with E-state index in [0.29, 0.717) is 12.0 Å². The lowest BCUT2D eigenvalue weighted by atomic mass is 10.1. The molecule has 0 radical (unpaired) electrons. The summed E-state index contributed by atoms with van der Waals surface area (Å²) in [4.78, 5) is 0.213. The number of para-hydroxylation sites is 1. The van der Waals surface area contributed by atoms with E-state index in [9.17, 15) is 8.42 Å². The quantitative estimate of drug-likeness (QED) is 0.856. The molecule has 0 fully saturated rings. The number of fused-ring (bicyclic) bond motifs is 1. The van der Waals surface area contributed by atoms with Gasteiger partial charge in [-0.25, -0.2) is 8.42 Å². The van der Waals surface area contributed by atoms with Gasteiger partial charge in [-0.15, -0.1) is 0 Å². The van der Waals surface area contributed by atoms with Crippen LogP contribution in [0.25, 0.3) is 0 Å². The second-order valence-corrected chi connectivity index (χ2v) is 6.93. The predicted molar refractivity (Wildman–Crippen MR) is 80.4 cm³/mol. The second-order valence-electron chi connectivity index (χ2n) is 5.12. The first kappa shape index (κ1) is 13.7. The molecule has 1 heterocycles. The van der Waals surface area contributed by atoms with Crippen LogP contribution in [0.4, 0.5) is 5.69 Å². The summed E-state index contributed by atoms with van der Waals surface area (Å²) in [5, 5.41) is 8.81. The number of anilines is 1. The number of nitriles is 1. The highest BCUT2D eigenvalue weighted by Gasteiger charge is 2.35. The molecule has 3 rings (SSSR count). The molecular formula is C16H14N2O2S. The van der Waals surface area contributed by atoms with Crippen LogP contribution in [-0.2, 0) is 16.4 Å². The zero-order valence-electron chi connectivity index (χ0n) is 11.5. The highest BCUT2D eigenvalue weighted by atomic mass is 32.2. The lowest BCUT2D eigenvalue weighted by molar-refractivity contribution is 0.584. The Kier molecular flexibility index (Phi) is 3.19. The number of sulfonamides is 1. The first-order valence-corrected chi connectivity index (χ1v) is 8.10. The average Bonchev–Trinajstić information content (AvgIpc) is 2.83. The Morgan fingerprint density at radius 1 is 1.14 bits per heavy atom. The van der Waals surface area contributed by atoms with Crippen LogP contribution < -0.4 is 4.31 Å². The van der Waals surface area contributed by atoms with Gasteiger partial charge in [0.15, 0.2) is 0 Å². The smallest absolute Gasteiger partial charge is 0.263 e. The van der Waals surface area contributed by atoms with Crippen molar-refractivity contribution in [3.05, 3.63) is 59.7 Å². The zero-order valence-corrected chi connectivity index (χ0v) is 12.3. The molecule has 0 unspecified atom stereocenters. The monoisotopic (exact) mass is 298 g/mol. The van der Waals surface area contributed by atoms with Gasteiger partial charge in [-0.2, -0.15) is 5.26 Å². The van der Waals surface area contributed by atoms with Crippen LogP contribution in [0.2, 0.25) is 0 Å². The second kappa shape index (κ2) is 4.90. The minimum absolute atomic E-state index is 0.108. The van der Waals surface area contributed by atoms with Crippen molar-refractivity contribution in [3.63, 3.8) is 0 Å². The van der Waals surface area contributed by atoms with E-state index in [1.165, 1.54) is 28.6 Å². The molecule has 21 heavy (non-hydrogen) atoms. The van der Waals surface area contributed by atoms with E-state index in [0.717, 1.165) is 11.3 Å². The summed E-state index contributed by atoms with van der Waals surface area (Å²) in [7, 11) is -3.60. The van der Waals surface area contributed by atoms with E-state index in [-0.39, 0.29) is 10.9 Å². The fourth-order valence-electron chi connectivity index (χ4n) is 2.72. The molecule has 0 saturated heterocycles. The van der Waals surface area contributed by atoms with Crippen LogP contribution in [0, 0.1) is 11.3 Å². The Morgan fingerprint density at radius 3 is 2.48 bits per heavy atom. The van der Waals surface area contributed by atoms with Crippen molar-refractivity contribution in [1.82, 2.24) is 0 Å². The van der Waals surface area contributed by atoms with Crippen LogP contribution in [-0.4, -0.2) is 14.5 Å². The number of benzene rings is 2. The standard InChI is InChI=1S/C16H14N2O2S/c1-12-10-14-4-2-3-5-16(14)18(12)21(19,20)15-8-6-13(11-17)7-9-15/h2-9,12H,10H2,1H3/t12-/m0/s1. The van der Waals surface area contributed by atoms with Gasteiger partial charge >= 0.3 is 0 Å². The van der Waals surface area contributed by atoms with Crippen molar-refractivity contribution in [1.29, 1.82) is 5.26 Å². The van der Waals surface area contributed by atoms with Crippen molar-refractivity contribution >= 4 is 15.7 Å². The maximum Gasteiger partial charge on any atom is 0.264 e. The van der Waals surface area contributed by atoms with E-state index in [2.05, 4.69) is 0 Å². The highest BCUT2D eigenvalue weighted by molar-refractivity contribution is 7.92. The molecule has 0 spiro atoms. The summed E-state index contributed by atoms with van der Waals surface area (Å²) in [6.45, 7) is 1.90. The Balaban J connectivity index is 2.08. The van der Waals surface area contributed by atoms with Gasteiger partial charge in [0.2, 0.25) is 0 Å². The van der Waals surface area contributed by atoms with Crippen LogP contribution in [0.1, 0.15) is 18.1 Å². The van der Waals surface area contributed by atoms with E-state index in [1.54, 1.807) is 0 Å². The van der Waals surface area contributed by atoms with Gasteiger partial charge < -0.3 is 0 Å². The summed E-state index contributed by atoms with van der Waals surface area (Å²) in [5.41, 5.74) is 2.24. The summed E-state index contributed by atoms with van der Waals surface area (Å²) in [6.07, 6.45) is 0.714. The molecule has 0 bridgehead atoms. The predicted octanol–water partition coefficient (Wildman–Crippen LogP) is 2.70. The topological polar surface area (TPSA) is 61.2 Å². The SMILES string of the molecule is C[C@H]1Cc2ccccc2N1S(=O)(=O)c1ccc(C#N)cc1. The van der Waals surface area contributed by atoms with Gasteiger partial charge in [0.1, 0.15) is 0 Å². The molecule has 1 aliphatic rings. The van der Waals surface area contributed by atoms with Crippen molar-refractivity contribution in [2.75, 3.05) is 4.31 Å². The van der Waals surface area contributed by atoms with Crippen molar-refractivity contribution in [2.24, 2.45) is 0 Å². The lowest BCUT2D eigenvalue weighted by Crippen LogP contribution is -2.35. The summed E-state index contributed by atoms with van der Waals surface area (Å²) >= 11 is 0. The number of hydrogen-bond acceptors (Lipinski definition) is 3. The van der Waals surface area contributed by atoms with Crippen LogP contribution in [0.5, 0.6) is 0 Å². The molecule has 1 aliphatic heterocycles. The average molecular weight is 298 g/mol. The normalized spacial score (nSPS) is 17.3. The van der Waals surface area contributed by atoms with Gasteiger partial charge in [-0.1, -0.05) is 18.2 Å². The molecule has 0 saturated carbocycles. The van der Waals surface area contributed by atoms with Crippen molar-refractivity contribution < 1.29 is 8.42 Å². The van der Waals surface area contributed by atoms with Crippen molar-refractivity contribution in [3.8, 4) is 6.07 Å². The number of hydrogen-bond donors (Lipinski definition) is 0. The van der Waals surface area contributed by atoms with Gasteiger partial charge in [0.25, 0.3) is 10.0 Å². The number of rotatable bonds is 2. The molecule has 0 aromatic heterocycles. The third-order valence-electron chi connectivity index (χ3n) is 3.68. The molecule has 106 valence electrons. The molecule has 2 aromatic carbocycles. The van der Waals surface area contributed by atoms with Crippen molar-refractivity contribution in [2.45, 2.75) is 24.3 Å². The zero-order chi connectivity index (χ0) is 15.0. The van der Waals surface area contributed by atoms with Gasteiger partial charge in [0, 0.05) is 6.04 Å². The summed E-state index contributed by atoms with van der Waals surface area (Å²) in [5.74, 6) is 0. The molecule has 4 nitrogen and oxygen atoms in total. The highest BCUT2D eigenvalue weighted by Crippen LogP contribution is 2.36. The maximum absolute atomic E-state index is 12.9. The van der Waals surface area contributed by atoms with Crippen LogP contribution in [0.3, 0.4) is 0 Å². The first-order valence-electron chi connectivity index (χ1n) is 6.66. The fraction of sp³-hybridized carbons (Fsp3) is 0.188. The Morgan fingerprint density at radius 2 is 1.81 bits per heavy atom. The van der Waals surface area contributed by atoms with E-state index < -0.39 is 10.0 Å². The molecule has 1 atom stereocenters. The Bertz CT molecular complexity index is 820. The molecule has 0 N–H and O–H groups in total. The molecule has 5 heteroatoms. The Hall–Kier alpha value is -2.32. The summed E-state index contributed by atoms with van der Waals surface area (Å²) < 4.78 is 27.2. The van der Waals surface area contributed by atoms with E-state index >= 15 is 0 Å². The van der Waals surface area contributed by atoms with Gasteiger partial charge in [0.05, 0.1) is 22.2 Å². The van der Waals surface area contributed by atoms with E-state index in [1.807, 2.05) is 37.3 Å².